The third-order valence-corrected chi connectivity index (χ3v) is 5.35. The van der Waals surface area contributed by atoms with Crippen LogP contribution in [0.5, 0.6) is 0 Å². The standard InChI is InChI=1S/C16H13.C9H13.C2H6Si.2ClH.Zr/c1-12-6-2-4-8-14(12)16-11-10-13-7-3-5-9-15(13)16;1-6-5-7(2)9(4)8(6)3;1-3-2;;;/h2-11H,1H3;6H,1-4H3;1-2H3;2*1H;/q2*-1;;;;+2. The van der Waals surface area contributed by atoms with E-state index in [4.69, 9.17) is 0 Å². The summed E-state index contributed by atoms with van der Waals surface area (Å²) in [6.45, 7) is 15.4. The molecule has 4 heteroatoms. The second-order valence-electron chi connectivity index (χ2n) is 7.95. The molecule has 0 fully saturated rings. The molecule has 0 amide bonds. The number of benzene rings is 2. The van der Waals surface area contributed by atoms with Crippen LogP contribution in [0.15, 0.2) is 77.4 Å². The maximum absolute atomic E-state index is 3.36. The fourth-order valence-electron chi connectivity index (χ4n) is 3.42. The molecule has 1 aliphatic carbocycles. The van der Waals surface area contributed by atoms with E-state index in [0.29, 0.717) is 5.92 Å². The Hall–Kier alpha value is -0.790. The Kier molecular flexibility index (Phi) is 14.0. The monoisotopic (exact) mass is 546 g/mol. The normalized spacial score (nSPS) is 14.4. The molecule has 0 N–H and O–H groups in total. The zero-order valence-corrected chi connectivity index (χ0v) is 24.8. The van der Waals surface area contributed by atoms with Crippen LogP contribution in [0.1, 0.15) is 33.3 Å². The van der Waals surface area contributed by atoms with Crippen LogP contribution in [0, 0.1) is 18.9 Å². The third kappa shape index (κ3) is 8.58. The van der Waals surface area contributed by atoms with Gasteiger partial charge in [0.15, 0.2) is 0 Å². The number of allylic oxidation sites excluding steroid dienone is 4. The summed E-state index contributed by atoms with van der Waals surface area (Å²) >= 11 is 1.74. The summed E-state index contributed by atoms with van der Waals surface area (Å²) in [6, 6.07) is 21.5. The van der Waals surface area contributed by atoms with Gasteiger partial charge in [-0.2, -0.15) is 11.1 Å². The molecule has 0 nitrogen and oxygen atoms in total. The Balaban J connectivity index is 0.000000516. The van der Waals surface area contributed by atoms with Crippen LogP contribution in [0.4, 0.5) is 0 Å². The zero-order valence-electron chi connectivity index (χ0n) is 19.7. The Labute approximate surface area is 216 Å². The molecular weight excluding hydrogens is 515 g/mol. The molecule has 1 unspecified atom stereocenters. The predicted molar refractivity (Wildman–Crippen MR) is 142 cm³/mol. The molecule has 1 aliphatic rings. The average Bonchev–Trinajstić information content (AvgIpc) is 3.19. The summed E-state index contributed by atoms with van der Waals surface area (Å²) in [7, 11) is 0. The first-order valence-electron chi connectivity index (χ1n) is 10.2. The number of hydrogen-bond donors (Lipinski definition) is 0. The van der Waals surface area contributed by atoms with Crippen molar-refractivity contribution < 1.29 is 23.3 Å². The van der Waals surface area contributed by atoms with Crippen molar-refractivity contribution in [3.05, 3.63) is 89.0 Å². The smallest absolute Gasteiger partial charge is 0.0400 e. The van der Waals surface area contributed by atoms with Crippen molar-refractivity contribution in [2.24, 2.45) is 5.92 Å². The second-order valence-corrected chi connectivity index (χ2v) is 17.3. The number of halogens is 2. The molecular formula is C27H34Cl2SiZr. The van der Waals surface area contributed by atoms with Crippen molar-refractivity contribution in [3.8, 4) is 11.1 Å². The molecule has 4 rings (SSSR count). The molecule has 3 aromatic carbocycles. The van der Waals surface area contributed by atoms with Gasteiger partial charge in [0.1, 0.15) is 0 Å². The first-order valence-corrected chi connectivity index (χ1v) is 16.4. The minimum atomic E-state index is 0. The molecule has 0 heterocycles. The number of rotatable bonds is 1. The number of hydrogen-bond acceptors (Lipinski definition) is 0. The Bertz CT molecular complexity index is 1060. The van der Waals surface area contributed by atoms with Gasteiger partial charge in [0.2, 0.25) is 0 Å². The number of fused-ring (bicyclic) bond motifs is 1. The Morgan fingerprint density at radius 2 is 1.42 bits per heavy atom. The van der Waals surface area contributed by atoms with Gasteiger partial charge >= 0.3 is 41.9 Å². The predicted octanol–water partition coefficient (Wildman–Crippen LogP) is 8.88. The van der Waals surface area contributed by atoms with Crippen LogP contribution in [0.25, 0.3) is 21.9 Å². The molecule has 0 spiro atoms. The molecule has 0 aromatic heterocycles. The summed E-state index contributed by atoms with van der Waals surface area (Å²) in [5, 5.41) is 2.66. The van der Waals surface area contributed by atoms with Crippen molar-refractivity contribution in [3.63, 3.8) is 0 Å². The quantitative estimate of drug-likeness (QED) is 0.210. The SMILES string of the molecule is CC1=[C-]C(C)C(C)=C1C.C[Si](C)=[Zr+2].Cc1ccccc1-c1c[cH-]c2ccccc12.Cl.Cl. The molecule has 0 saturated carbocycles. The van der Waals surface area contributed by atoms with E-state index in [1.54, 1.807) is 23.3 Å². The number of aryl methyl sites for hydroxylation is 1. The van der Waals surface area contributed by atoms with E-state index in [1.165, 1.54) is 44.2 Å². The largest absolute Gasteiger partial charge is 0.150 e. The van der Waals surface area contributed by atoms with Crippen LogP contribution in [-0.4, -0.2) is 5.43 Å². The molecule has 3 aromatic rings. The fraction of sp³-hybridized carbons (Fsp3) is 0.296. The molecule has 0 aliphatic heterocycles. The molecule has 31 heavy (non-hydrogen) atoms. The topological polar surface area (TPSA) is 0 Å². The van der Waals surface area contributed by atoms with E-state index in [2.05, 4.69) is 114 Å². The van der Waals surface area contributed by atoms with Crippen LogP contribution in [0.2, 0.25) is 13.1 Å². The Morgan fingerprint density at radius 3 is 1.90 bits per heavy atom. The molecule has 0 saturated heterocycles. The third-order valence-electron chi connectivity index (χ3n) is 5.35. The van der Waals surface area contributed by atoms with Crippen molar-refractivity contribution >= 4 is 41.0 Å². The van der Waals surface area contributed by atoms with E-state index < -0.39 is 0 Å². The average molecular weight is 549 g/mol. The van der Waals surface area contributed by atoms with Crippen LogP contribution in [0.3, 0.4) is 0 Å². The molecule has 1 atom stereocenters. The summed E-state index contributed by atoms with van der Waals surface area (Å²) in [4.78, 5) is 0. The molecule has 0 bridgehead atoms. The van der Waals surface area contributed by atoms with Gasteiger partial charge in [-0.05, 0) is 6.92 Å². The van der Waals surface area contributed by atoms with Gasteiger partial charge in [-0.25, -0.2) is 5.57 Å². The Morgan fingerprint density at radius 1 is 0.871 bits per heavy atom. The van der Waals surface area contributed by atoms with Crippen molar-refractivity contribution in [2.45, 2.75) is 47.7 Å². The summed E-state index contributed by atoms with van der Waals surface area (Å²) < 4.78 is 0. The molecule has 0 radical (unpaired) electrons. The van der Waals surface area contributed by atoms with Crippen molar-refractivity contribution in [2.75, 3.05) is 0 Å². The van der Waals surface area contributed by atoms with Gasteiger partial charge in [-0.3, -0.25) is 6.08 Å². The van der Waals surface area contributed by atoms with E-state index >= 15 is 0 Å². The summed E-state index contributed by atoms with van der Waals surface area (Å²) in [5.41, 5.74) is 8.47. The maximum atomic E-state index is 3.36. The first-order chi connectivity index (χ1) is 13.7. The van der Waals surface area contributed by atoms with Crippen molar-refractivity contribution in [1.29, 1.82) is 0 Å². The first kappa shape index (κ1) is 30.2. The van der Waals surface area contributed by atoms with Gasteiger partial charge in [-0.15, -0.1) is 78.4 Å². The van der Waals surface area contributed by atoms with E-state index in [-0.39, 0.29) is 30.2 Å². The summed E-state index contributed by atoms with van der Waals surface area (Å²) in [5.74, 6) is 0.560. The maximum Gasteiger partial charge on any atom is -0.0400 e. The summed E-state index contributed by atoms with van der Waals surface area (Å²) in [6.07, 6.45) is 3.36. The minimum absolute atomic E-state index is 0. The van der Waals surface area contributed by atoms with Gasteiger partial charge in [0.25, 0.3) is 0 Å². The molecule has 164 valence electrons. The van der Waals surface area contributed by atoms with E-state index in [0.717, 1.165) is 0 Å². The minimum Gasteiger partial charge on any atom is -0.150 e. The van der Waals surface area contributed by atoms with Crippen LogP contribution < -0.4 is 0 Å². The van der Waals surface area contributed by atoms with Crippen LogP contribution >= 0.6 is 24.8 Å². The van der Waals surface area contributed by atoms with Crippen molar-refractivity contribution in [1.82, 2.24) is 0 Å². The fourth-order valence-corrected chi connectivity index (χ4v) is 3.42. The zero-order chi connectivity index (χ0) is 21.6. The van der Waals surface area contributed by atoms with E-state index in [1.807, 2.05) is 0 Å². The van der Waals surface area contributed by atoms with Crippen LogP contribution in [-0.2, 0) is 23.3 Å². The van der Waals surface area contributed by atoms with Gasteiger partial charge in [-0.1, -0.05) is 68.1 Å². The van der Waals surface area contributed by atoms with Gasteiger partial charge in [0, 0.05) is 0 Å². The van der Waals surface area contributed by atoms with Gasteiger partial charge < -0.3 is 0 Å². The van der Waals surface area contributed by atoms with E-state index in [9.17, 15) is 0 Å². The van der Waals surface area contributed by atoms with Gasteiger partial charge in [0.05, 0.1) is 0 Å². The second kappa shape index (κ2) is 14.4.